The van der Waals surface area contributed by atoms with Gasteiger partial charge in [-0.1, -0.05) is 37.3 Å². The molecule has 0 radical (unpaired) electrons. The van der Waals surface area contributed by atoms with Gasteiger partial charge in [-0.05, 0) is 56.1 Å². The smallest absolute Gasteiger partial charge is 0.410 e. The summed E-state index contributed by atoms with van der Waals surface area (Å²) in [6.07, 6.45) is 1.95. The molecular weight excluding hydrogens is 362 g/mol. The molecule has 5 nitrogen and oxygen atoms in total. The Hall–Kier alpha value is -2.53. The second kappa shape index (κ2) is 7.38. The van der Waals surface area contributed by atoms with Gasteiger partial charge in [0.25, 0.3) is 0 Å². The summed E-state index contributed by atoms with van der Waals surface area (Å²) >= 11 is 0. The molecule has 4 rings (SSSR count). The van der Waals surface area contributed by atoms with Crippen LogP contribution in [0.15, 0.2) is 48.5 Å². The molecule has 0 spiro atoms. The molecule has 2 heterocycles. The van der Waals surface area contributed by atoms with E-state index in [1.807, 2.05) is 31.2 Å². The van der Waals surface area contributed by atoms with Crippen molar-refractivity contribution in [2.45, 2.75) is 44.3 Å². The highest BCUT2D eigenvalue weighted by molar-refractivity contribution is 5.72. The number of amides is 1. The van der Waals surface area contributed by atoms with Gasteiger partial charge in [-0.15, -0.1) is 0 Å². The molecule has 1 saturated heterocycles. The van der Waals surface area contributed by atoms with E-state index in [-0.39, 0.29) is 17.6 Å². The number of likely N-dealkylation sites (N-methyl/N-ethyl adjacent to an activating group) is 3. The fourth-order valence-corrected chi connectivity index (χ4v) is 5.06. The van der Waals surface area contributed by atoms with E-state index >= 15 is 0 Å². The molecule has 154 valence electrons. The molecule has 0 N–H and O–H groups in total. The molecule has 3 atom stereocenters. The Morgan fingerprint density at radius 1 is 1.24 bits per heavy atom. The van der Waals surface area contributed by atoms with Gasteiger partial charge in [-0.2, -0.15) is 0 Å². The average Bonchev–Trinajstić information content (AvgIpc) is 3.13. The lowest BCUT2D eigenvalue weighted by Crippen LogP contribution is -2.45. The van der Waals surface area contributed by atoms with Crippen LogP contribution in [0.3, 0.4) is 0 Å². The highest BCUT2D eigenvalue weighted by atomic mass is 16.6. The van der Waals surface area contributed by atoms with Gasteiger partial charge in [0.2, 0.25) is 0 Å². The van der Waals surface area contributed by atoms with Crippen LogP contribution in [0.25, 0.3) is 0 Å². The SMILES string of the molecule is C[C@@H](Cc1ccccc1)N(C)C(=O)Oc1ccc2c(c1)[C@]1(C)CCN(C)[C@@H]1N2C. The number of rotatable bonds is 4. The summed E-state index contributed by atoms with van der Waals surface area (Å²) in [6.45, 7) is 5.45. The van der Waals surface area contributed by atoms with Crippen LogP contribution in [0.5, 0.6) is 5.75 Å². The van der Waals surface area contributed by atoms with Crippen LogP contribution >= 0.6 is 0 Å². The maximum absolute atomic E-state index is 12.8. The third-order valence-corrected chi connectivity index (χ3v) is 6.83. The van der Waals surface area contributed by atoms with E-state index in [2.05, 4.69) is 55.1 Å². The highest BCUT2D eigenvalue weighted by Crippen LogP contribution is 2.51. The maximum atomic E-state index is 12.8. The molecule has 1 fully saturated rings. The average molecular weight is 394 g/mol. The highest BCUT2D eigenvalue weighted by Gasteiger charge is 2.52. The largest absolute Gasteiger partial charge is 0.415 e. The van der Waals surface area contributed by atoms with Crippen molar-refractivity contribution in [3.05, 3.63) is 59.7 Å². The Bertz CT molecular complexity index is 900. The third-order valence-electron chi connectivity index (χ3n) is 6.83. The molecule has 2 aromatic rings. The molecule has 29 heavy (non-hydrogen) atoms. The first-order chi connectivity index (χ1) is 13.8. The molecule has 5 heteroatoms. The van der Waals surface area contributed by atoms with Crippen molar-refractivity contribution in [3.8, 4) is 5.75 Å². The summed E-state index contributed by atoms with van der Waals surface area (Å²) in [5, 5.41) is 0. The molecule has 0 aliphatic carbocycles. The third kappa shape index (κ3) is 3.38. The predicted octanol–water partition coefficient (Wildman–Crippen LogP) is 4.12. The molecule has 2 aliphatic heterocycles. The number of hydrogen-bond donors (Lipinski definition) is 0. The fourth-order valence-electron chi connectivity index (χ4n) is 5.06. The van der Waals surface area contributed by atoms with Crippen molar-refractivity contribution in [1.82, 2.24) is 9.80 Å². The Labute approximate surface area is 173 Å². The molecule has 2 aliphatic rings. The van der Waals surface area contributed by atoms with Crippen LogP contribution < -0.4 is 9.64 Å². The van der Waals surface area contributed by atoms with Crippen molar-refractivity contribution in [2.24, 2.45) is 0 Å². The number of nitrogens with zero attached hydrogens (tertiary/aromatic N) is 3. The van der Waals surface area contributed by atoms with Gasteiger partial charge in [0.1, 0.15) is 5.75 Å². The number of ether oxygens (including phenoxy) is 1. The number of hydrogen-bond acceptors (Lipinski definition) is 4. The summed E-state index contributed by atoms with van der Waals surface area (Å²) < 4.78 is 5.77. The Morgan fingerprint density at radius 3 is 2.69 bits per heavy atom. The normalized spacial score (nSPS) is 24.2. The van der Waals surface area contributed by atoms with Gasteiger partial charge in [-0.3, -0.25) is 4.90 Å². The van der Waals surface area contributed by atoms with Crippen molar-refractivity contribution < 1.29 is 9.53 Å². The van der Waals surface area contributed by atoms with E-state index in [0.29, 0.717) is 11.9 Å². The van der Waals surface area contributed by atoms with Crippen LogP contribution in [0, 0.1) is 0 Å². The van der Waals surface area contributed by atoms with Crippen LogP contribution in [0.1, 0.15) is 31.4 Å². The number of fused-ring (bicyclic) bond motifs is 3. The zero-order chi connectivity index (χ0) is 20.8. The second-order valence-electron chi connectivity index (χ2n) is 8.83. The zero-order valence-electron chi connectivity index (χ0n) is 18.1. The maximum Gasteiger partial charge on any atom is 0.415 e. The number of likely N-dealkylation sites (tertiary alicyclic amines) is 1. The Kier molecular flexibility index (Phi) is 5.03. The number of benzene rings is 2. The molecule has 0 saturated carbocycles. The van der Waals surface area contributed by atoms with E-state index in [1.165, 1.54) is 16.8 Å². The molecule has 0 unspecified atom stereocenters. The Balaban J connectivity index is 1.48. The monoisotopic (exact) mass is 393 g/mol. The van der Waals surface area contributed by atoms with E-state index < -0.39 is 0 Å². The van der Waals surface area contributed by atoms with Crippen molar-refractivity contribution >= 4 is 11.8 Å². The minimum atomic E-state index is -0.315. The molecular formula is C24H31N3O2. The minimum Gasteiger partial charge on any atom is -0.410 e. The van der Waals surface area contributed by atoms with Gasteiger partial charge in [-0.25, -0.2) is 4.79 Å². The van der Waals surface area contributed by atoms with Gasteiger partial charge < -0.3 is 14.5 Å². The summed E-state index contributed by atoms with van der Waals surface area (Å²) in [4.78, 5) is 19.2. The van der Waals surface area contributed by atoms with Crippen LogP contribution in [-0.4, -0.2) is 55.8 Å². The lowest BCUT2D eigenvalue weighted by Gasteiger charge is -2.32. The standard InChI is InChI=1S/C24H31N3O2/c1-17(15-18-9-7-6-8-10-18)26(4)23(28)29-19-11-12-21-20(16-19)24(2)13-14-25(3)22(24)27(21)5/h6-12,16-17,22H,13-15H2,1-5H3/t17-,22+,24-/m0/s1. The van der Waals surface area contributed by atoms with Gasteiger partial charge >= 0.3 is 6.09 Å². The summed E-state index contributed by atoms with van der Waals surface area (Å²) in [6, 6.07) is 16.3. The number of carbonyl (C=O) groups excluding carboxylic acids is 1. The number of carbonyl (C=O) groups is 1. The van der Waals surface area contributed by atoms with Crippen molar-refractivity contribution in [3.63, 3.8) is 0 Å². The fraction of sp³-hybridized carbons (Fsp3) is 0.458. The van der Waals surface area contributed by atoms with E-state index in [9.17, 15) is 4.79 Å². The lowest BCUT2D eigenvalue weighted by molar-refractivity contribution is 0.148. The topological polar surface area (TPSA) is 36.0 Å². The van der Waals surface area contributed by atoms with Crippen molar-refractivity contribution in [2.75, 3.05) is 32.6 Å². The summed E-state index contributed by atoms with van der Waals surface area (Å²) in [7, 11) is 6.14. The summed E-state index contributed by atoms with van der Waals surface area (Å²) in [5.41, 5.74) is 3.78. The van der Waals surface area contributed by atoms with Gasteiger partial charge in [0.05, 0.1) is 6.17 Å². The Morgan fingerprint density at radius 2 is 1.97 bits per heavy atom. The molecule has 0 bridgehead atoms. The van der Waals surface area contributed by atoms with Crippen LogP contribution in [0.4, 0.5) is 10.5 Å². The predicted molar refractivity (Wildman–Crippen MR) is 117 cm³/mol. The number of anilines is 1. The zero-order valence-corrected chi connectivity index (χ0v) is 18.1. The van der Waals surface area contributed by atoms with Crippen LogP contribution in [0.2, 0.25) is 0 Å². The van der Waals surface area contributed by atoms with E-state index in [4.69, 9.17) is 4.74 Å². The second-order valence-corrected chi connectivity index (χ2v) is 8.83. The lowest BCUT2D eigenvalue weighted by atomic mass is 9.81. The van der Waals surface area contributed by atoms with E-state index in [0.717, 1.165) is 19.4 Å². The minimum absolute atomic E-state index is 0.0517. The first-order valence-corrected chi connectivity index (χ1v) is 10.4. The molecule has 1 amide bonds. The van der Waals surface area contributed by atoms with Gasteiger partial charge in [0.15, 0.2) is 0 Å². The van der Waals surface area contributed by atoms with Crippen molar-refractivity contribution in [1.29, 1.82) is 0 Å². The summed E-state index contributed by atoms with van der Waals surface area (Å²) in [5.74, 6) is 0.623. The molecule has 2 aromatic carbocycles. The van der Waals surface area contributed by atoms with Crippen LogP contribution in [-0.2, 0) is 11.8 Å². The first-order valence-electron chi connectivity index (χ1n) is 10.4. The first kappa shape index (κ1) is 19.8. The van der Waals surface area contributed by atoms with Gasteiger partial charge in [0, 0.05) is 37.8 Å². The quantitative estimate of drug-likeness (QED) is 0.783. The molecule has 0 aromatic heterocycles. The van der Waals surface area contributed by atoms with E-state index in [1.54, 1.807) is 11.9 Å².